The number of aryl methyl sites for hydroxylation is 1. The van der Waals surface area contributed by atoms with E-state index >= 15 is 0 Å². The Morgan fingerprint density at radius 3 is 2.55 bits per heavy atom. The quantitative estimate of drug-likeness (QED) is 0.713. The predicted octanol–water partition coefficient (Wildman–Crippen LogP) is 4.53. The van der Waals surface area contributed by atoms with Crippen molar-refractivity contribution >= 4 is 46.3 Å². The van der Waals surface area contributed by atoms with Gasteiger partial charge in [-0.05, 0) is 42.8 Å². The van der Waals surface area contributed by atoms with Crippen LogP contribution in [0.2, 0.25) is 10.0 Å². The van der Waals surface area contributed by atoms with E-state index in [1.165, 1.54) is 0 Å². The number of nitrogen functional groups attached to an aromatic ring is 1. The van der Waals surface area contributed by atoms with Crippen LogP contribution in [0.25, 0.3) is 0 Å². The first-order valence-corrected chi connectivity index (χ1v) is 6.60. The molecule has 0 heterocycles. The van der Waals surface area contributed by atoms with Gasteiger partial charge in [-0.15, -0.1) is 0 Å². The number of benzene rings is 2. The number of halogens is 2. The summed E-state index contributed by atoms with van der Waals surface area (Å²) < 4.78 is 0. The number of urea groups is 1. The van der Waals surface area contributed by atoms with Gasteiger partial charge in [-0.2, -0.15) is 0 Å². The highest BCUT2D eigenvalue weighted by molar-refractivity contribution is 6.35. The molecule has 0 saturated carbocycles. The number of hydrogen-bond donors (Lipinski definition) is 3. The topological polar surface area (TPSA) is 67.2 Å². The average molecular weight is 310 g/mol. The van der Waals surface area contributed by atoms with Crippen LogP contribution in [0.5, 0.6) is 0 Å². The molecule has 0 atom stereocenters. The van der Waals surface area contributed by atoms with Gasteiger partial charge in [0.15, 0.2) is 0 Å². The van der Waals surface area contributed by atoms with Gasteiger partial charge in [0.25, 0.3) is 0 Å². The van der Waals surface area contributed by atoms with Gasteiger partial charge in [0, 0.05) is 16.4 Å². The van der Waals surface area contributed by atoms with Gasteiger partial charge in [-0.1, -0.05) is 29.3 Å². The smallest absolute Gasteiger partial charge is 0.323 e. The molecule has 0 spiro atoms. The van der Waals surface area contributed by atoms with Gasteiger partial charge in [0.05, 0.1) is 10.7 Å². The van der Waals surface area contributed by atoms with Crippen LogP contribution in [-0.2, 0) is 0 Å². The lowest BCUT2D eigenvalue weighted by Crippen LogP contribution is -2.19. The van der Waals surface area contributed by atoms with Crippen molar-refractivity contribution in [1.82, 2.24) is 0 Å². The Labute approximate surface area is 126 Å². The summed E-state index contributed by atoms with van der Waals surface area (Å²) in [5.41, 5.74) is 8.39. The minimum atomic E-state index is -0.419. The highest BCUT2D eigenvalue weighted by atomic mass is 35.5. The molecule has 0 aliphatic carbocycles. The summed E-state index contributed by atoms with van der Waals surface area (Å²) in [5.74, 6) is 0. The van der Waals surface area contributed by atoms with E-state index in [1.807, 2.05) is 13.0 Å². The van der Waals surface area contributed by atoms with E-state index in [4.69, 9.17) is 28.9 Å². The Bertz CT molecular complexity index is 659. The largest absolute Gasteiger partial charge is 0.398 e. The Hall–Kier alpha value is -1.91. The van der Waals surface area contributed by atoms with Crippen LogP contribution in [0.4, 0.5) is 21.9 Å². The van der Waals surface area contributed by atoms with Crippen molar-refractivity contribution in [2.75, 3.05) is 16.4 Å². The molecule has 0 aliphatic rings. The Balaban J connectivity index is 2.09. The maximum atomic E-state index is 11.9. The van der Waals surface area contributed by atoms with Crippen LogP contribution in [0, 0.1) is 6.92 Å². The van der Waals surface area contributed by atoms with Crippen LogP contribution in [-0.4, -0.2) is 6.03 Å². The molecular weight excluding hydrogens is 297 g/mol. The van der Waals surface area contributed by atoms with Gasteiger partial charge in [0.2, 0.25) is 0 Å². The summed E-state index contributed by atoms with van der Waals surface area (Å²) in [7, 11) is 0. The van der Waals surface area contributed by atoms with Gasteiger partial charge in [-0.3, -0.25) is 0 Å². The zero-order valence-electron chi connectivity index (χ0n) is 10.7. The fraction of sp³-hybridized carbons (Fsp3) is 0.0714. The zero-order chi connectivity index (χ0) is 14.7. The second kappa shape index (κ2) is 6.03. The monoisotopic (exact) mass is 309 g/mol. The van der Waals surface area contributed by atoms with Gasteiger partial charge < -0.3 is 16.4 Å². The fourth-order valence-corrected chi connectivity index (χ4v) is 1.93. The molecule has 20 heavy (non-hydrogen) atoms. The van der Waals surface area contributed by atoms with E-state index in [-0.39, 0.29) is 0 Å². The summed E-state index contributed by atoms with van der Waals surface area (Å²) in [6.45, 7) is 1.89. The van der Waals surface area contributed by atoms with Crippen LogP contribution in [0.1, 0.15) is 5.56 Å². The summed E-state index contributed by atoms with van der Waals surface area (Å²) in [6.07, 6.45) is 0. The average Bonchev–Trinajstić information content (AvgIpc) is 2.38. The fourth-order valence-electron chi connectivity index (χ4n) is 1.60. The molecule has 4 nitrogen and oxygen atoms in total. The van der Waals surface area contributed by atoms with E-state index in [9.17, 15) is 4.79 Å². The molecule has 0 bridgehead atoms. The van der Waals surface area contributed by atoms with E-state index in [0.29, 0.717) is 27.1 Å². The van der Waals surface area contributed by atoms with Crippen LogP contribution < -0.4 is 16.4 Å². The standard InChI is InChI=1S/C14H13Cl2N3O/c1-8-2-4-10(7-12(8)17)18-14(20)19-13-6-9(15)3-5-11(13)16/h2-7H,17H2,1H3,(H2,18,19,20). The second-order valence-electron chi connectivity index (χ2n) is 4.27. The molecule has 4 N–H and O–H groups in total. The van der Waals surface area contributed by atoms with Crippen molar-refractivity contribution < 1.29 is 4.79 Å². The second-order valence-corrected chi connectivity index (χ2v) is 5.12. The van der Waals surface area contributed by atoms with Crippen LogP contribution in [0.3, 0.4) is 0 Å². The van der Waals surface area contributed by atoms with Crippen LogP contribution in [0.15, 0.2) is 36.4 Å². The van der Waals surface area contributed by atoms with Gasteiger partial charge >= 0.3 is 6.03 Å². The van der Waals surface area contributed by atoms with Crippen molar-refractivity contribution in [3.8, 4) is 0 Å². The third-order valence-electron chi connectivity index (χ3n) is 2.71. The molecule has 2 amide bonds. The van der Waals surface area contributed by atoms with Crippen molar-refractivity contribution in [1.29, 1.82) is 0 Å². The van der Waals surface area contributed by atoms with Crippen molar-refractivity contribution in [3.05, 3.63) is 52.0 Å². The third-order valence-corrected chi connectivity index (χ3v) is 3.28. The SMILES string of the molecule is Cc1ccc(NC(=O)Nc2cc(Cl)ccc2Cl)cc1N. The minimum absolute atomic E-state index is 0.410. The number of carbonyl (C=O) groups is 1. The Morgan fingerprint density at radius 2 is 1.85 bits per heavy atom. The minimum Gasteiger partial charge on any atom is -0.398 e. The summed E-state index contributed by atoms with van der Waals surface area (Å²) in [6, 6.07) is 9.71. The summed E-state index contributed by atoms with van der Waals surface area (Å²) >= 11 is 11.8. The molecule has 0 saturated heterocycles. The lowest BCUT2D eigenvalue weighted by molar-refractivity contribution is 0.262. The first kappa shape index (κ1) is 14.5. The van der Waals surface area contributed by atoms with E-state index < -0.39 is 6.03 Å². The Morgan fingerprint density at radius 1 is 1.10 bits per heavy atom. The first-order chi connectivity index (χ1) is 9.45. The third kappa shape index (κ3) is 3.56. The van der Waals surface area contributed by atoms with Gasteiger partial charge in [0.1, 0.15) is 0 Å². The number of hydrogen-bond acceptors (Lipinski definition) is 2. The maximum absolute atomic E-state index is 11.9. The maximum Gasteiger partial charge on any atom is 0.323 e. The summed E-state index contributed by atoms with van der Waals surface area (Å²) in [4.78, 5) is 11.9. The number of carbonyl (C=O) groups excluding carboxylic acids is 1. The summed E-state index contributed by atoms with van der Waals surface area (Å²) in [5, 5.41) is 6.20. The van der Waals surface area contributed by atoms with Crippen molar-refractivity contribution in [2.24, 2.45) is 0 Å². The Kier molecular flexibility index (Phi) is 4.37. The normalized spacial score (nSPS) is 10.2. The molecule has 0 fully saturated rings. The van der Waals surface area contributed by atoms with Gasteiger partial charge in [-0.25, -0.2) is 4.79 Å². The molecule has 6 heteroatoms. The number of anilines is 3. The molecule has 2 aromatic carbocycles. The highest BCUT2D eigenvalue weighted by Gasteiger charge is 2.07. The zero-order valence-corrected chi connectivity index (χ0v) is 12.2. The first-order valence-electron chi connectivity index (χ1n) is 5.85. The molecular formula is C14H13Cl2N3O. The van der Waals surface area contributed by atoms with Crippen molar-refractivity contribution in [2.45, 2.75) is 6.92 Å². The number of nitrogens with one attached hydrogen (secondary N) is 2. The molecule has 2 rings (SSSR count). The van der Waals surface area contributed by atoms with E-state index in [0.717, 1.165) is 5.56 Å². The van der Waals surface area contributed by atoms with Crippen molar-refractivity contribution in [3.63, 3.8) is 0 Å². The predicted molar refractivity (Wildman–Crippen MR) is 84.7 cm³/mol. The number of nitrogens with two attached hydrogens (primary N) is 1. The molecule has 104 valence electrons. The van der Waals surface area contributed by atoms with E-state index in [1.54, 1.807) is 30.3 Å². The molecule has 0 unspecified atom stereocenters. The molecule has 0 aromatic heterocycles. The molecule has 0 radical (unpaired) electrons. The molecule has 0 aliphatic heterocycles. The van der Waals surface area contributed by atoms with Crippen LogP contribution >= 0.6 is 23.2 Å². The lowest BCUT2D eigenvalue weighted by Gasteiger charge is -2.10. The van der Waals surface area contributed by atoms with E-state index in [2.05, 4.69) is 10.6 Å². The highest BCUT2D eigenvalue weighted by Crippen LogP contribution is 2.25. The number of rotatable bonds is 2. The molecule has 2 aromatic rings. The number of amides is 2. The lowest BCUT2D eigenvalue weighted by atomic mass is 10.2.